The molecule has 0 saturated heterocycles. The van der Waals surface area contributed by atoms with Crippen molar-refractivity contribution in [3.05, 3.63) is 80.1 Å². The summed E-state index contributed by atoms with van der Waals surface area (Å²) in [6.45, 7) is 3.94. The molecular weight excluding hydrogens is 364 g/mol. The van der Waals surface area contributed by atoms with Crippen LogP contribution in [0.4, 0.5) is 0 Å². The number of hydrogen-bond acceptors (Lipinski definition) is 3. The van der Waals surface area contributed by atoms with Crippen molar-refractivity contribution >= 4 is 28.4 Å². The third-order valence-electron chi connectivity index (χ3n) is 4.75. The lowest BCUT2D eigenvalue weighted by molar-refractivity contribution is 0.0707. The molecule has 2 N–H and O–H groups in total. The van der Waals surface area contributed by atoms with E-state index in [0.29, 0.717) is 16.1 Å². The van der Waals surface area contributed by atoms with Gasteiger partial charge >= 0.3 is 0 Å². The Balaban J connectivity index is 1.99. The van der Waals surface area contributed by atoms with Crippen molar-refractivity contribution in [3.63, 3.8) is 0 Å². The Bertz CT molecular complexity index is 1060. The zero-order chi connectivity index (χ0) is 19.6. The number of hydrogen-bond donors (Lipinski definition) is 2. The van der Waals surface area contributed by atoms with Gasteiger partial charge in [0, 0.05) is 12.1 Å². The van der Waals surface area contributed by atoms with Crippen LogP contribution in [0, 0.1) is 13.8 Å². The van der Waals surface area contributed by atoms with Gasteiger partial charge in [0.25, 0.3) is 11.5 Å². The Morgan fingerprint density at radius 2 is 1.93 bits per heavy atom. The zero-order valence-corrected chi connectivity index (χ0v) is 16.0. The molecule has 2 aromatic carbocycles. The summed E-state index contributed by atoms with van der Waals surface area (Å²) in [6, 6.07) is 12.5. The summed E-state index contributed by atoms with van der Waals surface area (Å²) >= 11 is 6.13. The minimum absolute atomic E-state index is 0.0861. The highest BCUT2D eigenvalue weighted by atomic mass is 35.5. The number of H-pyrrole nitrogens is 1. The van der Waals surface area contributed by atoms with Gasteiger partial charge in [0.05, 0.1) is 29.3 Å². The molecule has 0 aliphatic rings. The van der Waals surface area contributed by atoms with Crippen molar-refractivity contribution in [1.29, 1.82) is 0 Å². The van der Waals surface area contributed by atoms with E-state index in [1.165, 1.54) is 4.90 Å². The maximum atomic E-state index is 12.9. The number of carbonyl (C=O) groups is 1. The maximum absolute atomic E-state index is 12.9. The standard InChI is InChI=1S/C21H21ClN2O3/c1-13-7-8-15-11-16(20(26)23-19(15)14(13)2)12-24(9-10-25)21(27)17-5-3-4-6-18(17)22/h3-8,11,25H,9-10,12H2,1-2H3,(H,23,26). The fourth-order valence-corrected chi connectivity index (χ4v) is 3.29. The number of rotatable bonds is 5. The highest BCUT2D eigenvalue weighted by molar-refractivity contribution is 6.33. The lowest BCUT2D eigenvalue weighted by atomic mass is 10.0. The van der Waals surface area contributed by atoms with E-state index >= 15 is 0 Å². The van der Waals surface area contributed by atoms with E-state index in [9.17, 15) is 14.7 Å². The normalized spacial score (nSPS) is 11.0. The first kappa shape index (κ1) is 19.1. The second kappa shape index (κ2) is 7.94. The third kappa shape index (κ3) is 3.89. The molecule has 0 aliphatic heterocycles. The van der Waals surface area contributed by atoms with Crippen molar-refractivity contribution in [2.24, 2.45) is 0 Å². The molecular formula is C21H21ClN2O3. The number of carbonyl (C=O) groups excluding carboxylic acids is 1. The molecule has 140 valence electrons. The van der Waals surface area contributed by atoms with Gasteiger partial charge in [-0.2, -0.15) is 0 Å². The third-order valence-corrected chi connectivity index (χ3v) is 5.08. The van der Waals surface area contributed by atoms with E-state index < -0.39 is 0 Å². The summed E-state index contributed by atoms with van der Waals surface area (Å²) in [6.07, 6.45) is 0. The molecule has 1 heterocycles. The average molecular weight is 385 g/mol. The van der Waals surface area contributed by atoms with Gasteiger partial charge in [-0.05, 0) is 48.6 Å². The van der Waals surface area contributed by atoms with Crippen molar-refractivity contribution in [2.45, 2.75) is 20.4 Å². The van der Waals surface area contributed by atoms with E-state index in [-0.39, 0.29) is 31.2 Å². The number of aryl methyl sites for hydroxylation is 2. The highest BCUT2D eigenvalue weighted by Gasteiger charge is 2.19. The summed E-state index contributed by atoms with van der Waals surface area (Å²) < 4.78 is 0. The number of aromatic amines is 1. The van der Waals surface area contributed by atoms with Crippen LogP contribution in [-0.2, 0) is 6.54 Å². The smallest absolute Gasteiger partial charge is 0.255 e. The number of nitrogens with one attached hydrogen (secondary N) is 1. The number of fused-ring (bicyclic) bond motifs is 1. The number of amides is 1. The quantitative estimate of drug-likeness (QED) is 0.707. The SMILES string of the molecule is Cc1ccc2cc(CN(CCO)C(=O)c3ccccc3Cl)c(=O)[nH]c2c1C. The van der Waals surface area contributed by atoms with E-state index in [4.69, 9.17) is 11.6 Å². The van der Waals surface area contributed by atoms with E-state index in [0.717, 1.165) is 22.0 Å². The number of aliphatic hydroxyl groups excluding tert-OH is 1. The first-order valence-corrected chi connectivity index (χ1v) is 9.07. The largest absolute Gasteiger partial charge is 0.395 e. The second-order valence-corrected chi connectivity index (χ2v) is 6.93. The van der Waals surface area contributed by atoms with Gasteiger partial charge < -0.3 is 15.0 Å². The van der Waals surface area contributed by atoms with Crippen LogP contribution in [0.15, 0.2) is 47.3 Å². The number of halogens is 1. The van der Waals surface area contributed by atoms with Crippen LogP contribution in [-0.4, -0.2) is 34.0 Å². The highest BCUT2D eigenvalue weighted by Crippen LogP contribution is 2.21. The van der Waals surface area contributed by atoms with E-state index in [1.807, 2.05) is 26.0 Å². The van der Waals surface area contributed by atoms with Gasteiger partial charge in [0.2, 0.25) is 0 Å². The lowest BCUT2D eigenvalue weighted by Gasteiger charge is -2.22. The summed E-state index contributed by atoms with van der Waals surface area (Å²) in [5, 5.41) is 10.6. The zero-order valence-electron chi connectivity index (χ0n) is 15.3. The Labute approximate surface area is 162 Å². The Kier molecular flexibility index (Phi) is 5.63. The number of aliphatic hydroxyl groups is 1. The first-order chi connectivity index (χ1) is 12.9. The van der Waals surface area contributed by atoms with Crippen molar-refractivity contribution in [2.75, 3.05) is 13.2 Å². The number of nitrogens with zero attached hydrogens (tertiary/aromatic N) is 1. The first-order valence-electron chi connectivity index (χ1n) is 8.69. The van der Waals surface area contributed by atoms with Gasteiger partial charge in [-0.15, -0.1) is 0 Å². The van der Waals surface area contributed by atoms with Crippen molar-refractivity contribution in [3.8, 4) is 0 Å². The van der Waals surface area contributed by atoms with Gasteiger partial charge in [-0.3, -0.25) is 9.59 Å². The topological polar surface area (TPSA) is 73.4 Å². The molecule has 0 radical (unpaired) electrons. The average Bonchev–Trinajstić information content (AvgIpc) is 2.65. The van der Waals surface area contributed by atoms with Crippen LogP contribution in [0.1, 0.15) is 27.0 Å². The number of aromatic nitrogens is 1. The molecule has 6 heteroatoms. The van der Waals surface area contributed by atoms with E-state index in [1.54, 1.807) is 30.3 Å². The maximum Gasteiger partial charge on any atom is 0.255 e. The van der Waals surface area contributed by atoms with Gasteiger partial charge in [0.15, 0.2) is 0 Å². The summed E-state index contributed by atoms with van der Waals surface area (Å²) in [7, 11) is 0. The van der Waals surface area contributed by atoms with Crippen LogP contribution in [0.5, 0.6) is 0 Å². The fourth-order valence-electron chi connectivity index (χ4n) is 3.07. The summed E-state index contributed by atoms with van der Waals surface area (Å²) in [5.74, 6) is -0.325. The molecule has 1 aromatic heterocycles. The van der Waals surface area contributed by atoms with Crippen LogP contribution >= 0.6 is 11.6 Å². The predicted molar refractivity (Wildman–Crippen MR) is 107 cm³/mol. The molecule has 0 fully saturated rings. The molecule has 0 spiro atoms. The van der Waals surface area contributed by atoms with E-state index in [2.05, 4.69) is 4.98 Å². The molecule has 3 aromatic rings. The van der Waals surface area contributed by atoms with Crippen LogP contribution in [0.3, 0.4) is 0 Å². The second-order valence-electron chi connectivity index (χ2n) is 6.53. The Morgan fingerprint density at radius 3 is 2.63 bits per heavy atom. The fraction of sp³-hybridized carbons (Fsp3) is 0.238. The molecule has 0 aliphatic carbocycles. The van der Waals surface area contributed by atoms with Crippen molar-refractivity contribution < 1.29 is 9.90 Å². The molecule has 27 heavy (non-hydrogen) atoms. The Hall–Kier alpha value is -2.63. The van der Waals surface area contributed by atoms with Crippen LogP contribution in [0.25, 0.3) is 10.9 Å². The molecule has 3 rings (SSSR count). The molecule has 0 bridgehead atoms. The van der Waals surface area contributed by atoms with Gasteiger partial charge in [0.1, 0.15) is 0 Å². The summed E-state index contributed by atoms with van der Waals surface area (Å²) in [5.41, 5.74) is 3.48. The van der Waals surface area contributed by atoms with Crippen molar-refractivity contribution in [1.82, 2.24) is 9.88 Å². The Morgan fingerprint density at radius 1 is 1.19 bits per heavy atom. The van der Waals surface area contributed by atoms with Crippen LogP contribution < -0.4 is 5.56 Å². The van der Waals surface area contributed by atoms with Crippen LogP contribution in [0.2, 0.25) is 5.02 Å². The number of benzene rings is 2. The van der Waals surface area contributed by atoms with Gasteiger partial charge in [-0.25, -0.2) is 0 Å². The minimum Gasteiger partial charge on any atom is -0.395 e. The minimum atomic E-state index is -0.325. The van der Waals surface area contributed by atoms with Gasteiger partial charge in [-0.1, -0.05) is 35.9 Å². The molecule has 0 atom stereocenters. The molecule has 1 amide bonds. The summed E-state index contributed by atoms with van der Waals surface area (Å²) in [4.78, 5) is 29.8. The monoisotopic (exact) mass is 384 g/mol. The molecule has 0 unspecified atom stereocenters. The lowest BCUT2D eigenvalue weighted by Crippen LogP contribution is -2.35. The molecule has 5 nitrogen and oxygen atoms in total. The number of pyridine rings is 1. The predicted octanol–water partition coefficient (Wildman–Crippen LogP) is 3.43. The molecule has 0 saturated carbocycles.